The normalized spacial score (nSPS) is 10.7. The molecule has 0 radical (unpaired) electrons. The molecule has 0 atom stereocenters. The molecule has 0 fully saturated rings. The van der Waals surface area contributed by atoms with Gasteiger partial charge in [0, 0.05) is 31.5 Å². The lowest BCUT2D eigenvalue weighted by atomic mass is 10.1. The van der Waals surface area contributed by atoms with Crippen molar-refractivity contribution >= 4 is 16.6 Å². The number of aryl methyl sites for hydroxylation is 1. The smallest absolute Gasteiger partial charge is 0.223 e. The molecule has 0 saturated carbocycles. The molecule has 0 aliphatic carbocycles. The highest BCUT2D eigenvalue weighted by Gasteiger charge is 2.10. The average molecular weight is 293 g/mol. The lowest BCUT2D eigenvalue weighted by Crippen LogP contribution is -2.10. The van der Waals surface area contributed by atoms with E-state index in [2.05, 4.69) is 40.0 Å². The Morgan fingerprint density at radius 1 is 1.09 bits per heavy atom. The van der Waals surface area contributed by atoms with Crippen LogP contribution < -0.4 is 9.64 Å². The summed E-state index contributed by atoms with van der Waals surface area (Å²) in [5.41, 5.74) is 5.24. The Morgan fingerprint density at radius 2 is 1.91 bits per heavy atom. The van der Waals surface area contributed by atoms with Gasteiger partial charge in [0.15, 0.2) is 0 Å². The third-order valence-corrected chi connectivity index (χ3v) is 3.73. The Labute approximate surface area is 130 Å². The van der Waals surface area contributed by atoms with Crippen molar-refractivity contribution in [2.45, 2.75) is 6.92 Å². The quantitative estimate of drug-likeness (QED) is 0.738. The second kappa shape index (κ2) is 5.64. The van der Waals surface area contributed by atoms with Gasteiger partial charge >= 0.3 is 0 Å². The van der Waals surface area contributed by atoms with Crippen molar-refractivity contribution in [1.82, 2.24) is 9.97 Å². The van der Waals surface area contributed by atoms with Crippen molar-refractivity contribution in [1.29, 1.82) is 0 Å². The lowest BCUT2D eigenvalue weighted by Gasteiger charge is -2.16. The predicted molar refractivity (Wildman–Crippen MR) is 90.6 cm³/mol. The molecule has 2 heterocycles. The van der Waals surface area contributed by atoms with Crippen LogP contribution in [0.5, 0.6) is 5.88 Å². The molecule has 0 spiro atoms. The van der Waals surface area contributed by atoms with E-state index in [-0.39, 0.29) is 0 Å². The Kier molecular flexibility index (Phi) is 3.67. The van der Waals surface area contributed by atoms with Crippen LogP contribution in [0.3, 0.4) is 0 Å². The van der Waals surface area contributed by atoms with Gasteiger partial charge in [0.2, 0.25) is 5.88 Å². The minimum absolute atomic E-state index is 0.606. The molecule has 2 aromatic heterocycles. The number of aromatic nitrogens is 2. The Hall–Kier alpha value is -2.62. The molecule has 4 nitrogen and oxygen atoms in total. The molecule has 3 rings (SSSR count). The first-order valence-corrected chi connectivity index (χ1v) is 7.18. The summed E-state index contributed by atoms with van der Waals surface area (Å²) >= 11 is 0. The van der Waals surface area contributed by atoms with Crippen molar-refractivity contribution < 1.29 is 4.74 Å². The average Bonchev–Trinajstić information content (AvgIpc) is 2.53. The molecular weight excluding hydrogens is 274 g/mol. The van der Waals surface area contributed by atoms with Crippen LogP contribution in [0.25, 0.3) is 22.2 Å². The fraction of sp³-hybridized carbons (Fsp3) is 0.222. The number of anilines is 1. The summed E-state index contributed by atoms with van der Waals surface area (Å²) in [6.07, 6.45) is 1.78. The number of fused-ring (bicyclic) bond motifs is 1. The highest BCUT2D eigenvalue weighted by atomic mass is 16.5. The van der Waals surface area contributed by atoms with Crippen molar-refractivity contribution in [2.24, 2.45) is 0 Å². The minimum Gasteiger partial charge on any atom is -0.480 e. The van der Waals surface area contributed by atoms with E-state index >= 15 is 0 Å². The van der Waals surface area contributed by atoms with E-state index in [0.29, 0.717) is 5.88 Å². The number of hydrogen-bond donors (Lipinski definition) is 0. The van der Waals surface area contributed by atoms with Gasteiger partial charge in [-0.2, -0.15) is 0 Å². The van der Waals surface area contributed by atoms with Gasteiger partial charge in [0.1, 0.15) is 0 Å². The zero-order chi connectivity index (χ0) is 15.7. The summed E-state index contributed by atoms with van der Waals surface area (Å²) in [6.45, 7) is 2.11. The monoisotopic (exact) mass is 293 g/mol. The highest BCUT2D eigenvalue weighted by Crippen LogP contribution is 2.30. The number of methoxy groups -OCH3 is 1. The molecular formula is C18H19N3O. The van der Waals surface area contributed by atoms with Gasteiger partial charge in [-0.15, -0.1) is 0 Å². The second-order valence-corrected chi connectivity index (χ2v) is 5.48. The zero-order valence-electron chi connectivity index (χ0n) is 13.3. The maximum atomic E-state index is 5.42. The first-order valence-electron chi connectivity index (χ1n) is 7.18. The molecule has 0 unspecified atom stereocenters. The fourth-order valence-electron chi connectivity index (χ4n) is 2.66. The molecule has 22 heavy (non-hydrogen) atoms. The first kappa shape index (κ1) is 14.3. The second-order valence-electron chi connectivity index (χ2n) is 5.48. The molecule has 0 aliphatic rings. The van der Waals surface area contributed by atoms with E-state index in [1.165, 1.54) is 11.3 Å². The highest BCUT2D eigenvalue weighted by molar-refractivity contribution is 5.87. The third-order valence-electron chi connectivity index (χ3n) is 3.73. The fourth-order valence-corrected chi connectivity index (χ4v) is 2.66. The summed E-state index contributed by atoms with van der Waals surface area (Å²) < 4.78 is 5.42. The SMILES string of the molecule is COc1nc(-c2ccc(N(C)C)c(C)c2)cc2ncccc12. The van der Waals surface area contributed by atoms with E-state index in [1.807, 2.05) is 32.3 Å². The van der Waals surface area contributed by atoms with Gasteiger partial charge in [-0.25, -0.2) is 4.98 Å². The number of ether oxygens (including phenoxy) is 1. The van der Waals surface area contributed by atoms with Gasteiger partial charge in [0.25, 0.3) is 0 Å². The minimum atomic E-state index is 0.606. The third kappa shape index (κ3) is 2.48. The van der Waals surface area contributed by atoms with Gasteiger partial charge in [-0.3, -0.25) is 4.98 Å². The van der Waals surface area contributed by atoms with Crippen LogP contribution in [0, 0.1) is 6.92 Å². The summed E-state index contributed by atoms with van der Waals surface area (Å²) in [5, 5.41) is 0.926. The van der Waals surface area contributed by atoms with Gasteiger partial charge in [-0.05, 0) is 42.8 Å². The number of rotatable bonds is 3. The van der Waals surface area contributed by atoms with Gasteiger partial charge in [0.05, 0.1) is 23.7 Å². The van der Waals surface area contributed by atoms with Crippen LogP contribution in [-0.2, 0) is 0 Å². The van der Waals surface area contributed by atoms with E-state index in [9.17, 15) is 0 Å². The number of nitrogens with zero attached hydrogens (tertiary/aromatic N) is 3. The van der Waals surface area contributed by atoms with E-state index in [4.69, 9.17) is 4.74 Å². The van der Waals surface area contributed by atoms with Crippen LogP contribution in [0.2, 0.25) is 0 Å². The maximum Gasteiger partial charge on any atom is 0.223 e. The molecule has 0 bridgehead atoms. The summed E-state index contributed by atoms with van der Waals surface area (Å²) in [4.78, 5) is 11.2. The first-order chi connectivity index (χ1) is 10.6. The number of hydrogen-bond acceptors (Lipinski definition) is 4. The Morgan fingerprint density at radius 3 is 2.59 bits per heavy atom. The summed E-state index contributed by atoms with van der Waals surface area (Å²) in [7, 11) is 5.73. The van der Waals surface area contributed by atoms with Crippen molar-refractivity contribution in [2.75, 3.05) is 26.1 Å². The molecule has 0 aliphatic heterocycles. The van der Waals surface area contributed by atoms with Gasteiger partial charge < -0.3 is 9.64 Å². The van der Waals surface area contributed by atoms with Crippen LogP contribution >= 0.6 is 0 Å². The number of benzene rings is 1. The predicted octanol–water partition coefficient (Wildman–Crippen LogP) is 3.68. The lowest BCUT2D eigenvalue weighted by molar-refractivity contribution is 0.404. The van der Waals surface area contributed by atoms with Crippen molar-refractivity contribution in [3.8, 4) is 17.1 Å². The molecule has 112 valence electrons. The van der Waals surface area contributed by atoms with Crippen molar-refractivity contribution in [3.63, 3.8) is 0 Å². The zero-order valence-corrected chi connectivity index (χ0v) is 13.3. The summed E-state index contributed by atoms with van der Waals surface area (Å²) in [6, 6.07) is 12.2. The molecule has 3 aromatic rings. The Bertz CT molecular complexity index is 828. The number of pyridine rings is 2. The maximum absolute atomic E-state index is 5.42. The summed E-state index contributed by atoms with van der Waals surface area (Å²) in [5.74, 6) is 0.606. The van der Waals surface area contributed by atoms with Gasteiger partial charge in [-0.1, -0.05) is 6.07 Å². The van der Waals surface area contributed by atoms with Crippen molar-refractivity contribution in [3.05, 3.63) is 48.2 Å². The Balaban J connectivity index is 2.16. The van der Waals surface area contributed by atoms with E-state index in [0.717, 1.165) is 22.2 Å². The molecule has 0 saturated heterocycles. The van der Waals surface area contributed by atoms with Crippen LogP contribution in [-0.4, -0.2) is 31.2 Å². The largest absolute Gasteiger partial charge is 0.480 e. The van der Waals surface area contributed by atoms with E-state index < -0.39 is 0 Å². The molecule has 0 amide bonds. The van der Waals surface area contributed by atoms with Crippen LogP contribution in [0.15, 0.2) is 42.6 Å². The van der Waals surface area contributed by atoms with E-state index in [1.54, 1.807) is 13.3 Å². The topological polar surface area (TPSA) is 38.2 Å². The van der Waals surface area contributed by atoms with Crippen LogP contribution in [0.4, 0.5) is 5.69 Å². The molecule has 4 heteroatoms. The molecule has 1 aromatic carbocycles. The molecule has 0 N–H and O–H groups in total. The van der Waals surface area contributed by atoms with Crippen LogP contribution in [0.1, 0.15) is 5.56 Å². The standard InChI is InChI=1S/C18H19N3O/c1-12-10-13(7-8-17(12)21(2)3)15-11-16-14(6-5-9-19-16)18(20-15)22-4/h5-11H,1-4H3.